The van der Waals surface area contributed by atoms with Crippen molar-refractivity contribution in [3.63, 3.8) is 0 Å². The number of hydrogen-bond acceptors (Lipinski definition) is 5. The summed E-state index contributed by atoms with van der Waals surface area (Å²) in [5.41, 5.74) is 3.19. The van der Waals surface area contributed by atoms with Crippen LogP contribution >= 0.6 is 0 Å². The van der Waals surface area contributed by atoms with Crippen molar-refractivity contribution in [2.45, 2.75) is 6.54 Å². The van der Waals surface area contributed by atoms with Crippen LogP contribution in [0, 0.1) is 0 Å². The van der Waals surface area contributed by atoms with E-state index >= 15 is 0 Å². The molecule has 32 heavy (non-hydrogen) atoms. The standard InChI is InChI=1S/C24H23N5O3/c30-23(21-4-3-15-32-21)26-19-8-6-18(7-9-19)24(31)28-13-11-27(12-14-28)16-20-17-29-10-2-1-5-22(29)25-20/h1-10,15,17H,11-14,16H2,(H,26,30). The maximum atomic E-state index is 12.9. The third-order valence-electron chi connectivity index (χ3n) is 5.59. The molecule has 3 aromatic heterocycles. The first-order chi connectivity index (χ1) is 15.7. The highest BCUT2D eigenvalue weighted by molar-refractivity contribution is 6.02. The Morgan fingerprint density at radius 3 is 2.50 bits per heavy atom. The number of hydrogen-bond donors (Lipinski definition) is 1. The second-order valence-electron chi connectivity index (χ2n) is 7.78. The van der Waals surface area contributed by atoms with Gasteiger partial charge in [0.1, 0.15) is 5.65 Å². The molecule has 8 nitrogen and oxygen atoms in total. The molecule has 0 spiro atoms. The summed E-state index contributed by atoms with van der Waals surface area (Å²) >= 11 is 0. The molecular weight excluding hydrogens is 406 g/mol. The lowest BCUT2D eigenvalue weighted by atomic mass is 10.1. The molecular formula is C24H23N5O3. The van der Waals surface area contributed by atoms with E-state index in [1.165, 1.54) is 6.26 Å². The van der Waals surface area contributed by atoms with Gasteiger partial charge in [-0.3, -0.25) is 14.5 Å². The number of carbonyl (C=O) groups is 2. The van der Waals surface area contributed by atoms with E-state index in [-0.39, 0.29) is 17.6 Å². The molecule has 1 fully saturated rings. The van der Waals surface area contributed by atoms with E-state index in [0.717, 1.165) is 31.0 Å². The van der Waals surface area contributed by atoms with Crippen LogP contribution in [0.15, 0.2) is 77.7 Å². The maximum Gasteiger partial charge on any atom is 0.291 e. The SMILES string of the molecule is O=C(Nc1ccc(C(=O)N2CCN(Cc3cn4ccccc4n3)CC2)cc1)c1ccco1. The normalized spacial score (nSPS) is 14.6. The molecule has 4 aromatic rings. The Morgan fingerprint density at radius 1 is 0.969 bits per heavy atom. The van der Waals surface area contributed by atoms with Gasteiger partial charge in [0.15, 0.2) is 5.76 Å². The van der Waals surface area contributed by atoms with Crippen molar-refractivity contribution in [2.24, 2.45) is 0 Å². The Morgan fingerprint density at radius 2 is 1.78 bits per heavy atom. The lowest BCUT2D eigenvalue weighted by Crippen LogP contribution is -2.48. The number of furan rings is 1. The van der Waals surface area contributed by atoms with Crippen LogP contribution in [0.2, 0.25) is 0 Å². The molecule has 0 unspecified atom stereocenters. The lowest BCUT2D eigenvalue weighted by Gasteiger charge is -2.34. The van der Waals surface area contributed by atoms with Crippen LogP contribution in [0.4, 0.5) is 5.69 Å². The van der Waals surface area contributed by atoms with Gasteiger partial charge in [-0.25, -0.2) is 4.98 Å². The smallest absolute Gasteiger partial charge is 0.291 e. The van der Waals surface area contributed by atoms with Gasteiger partial charge in [0.2, 0.25) is 0 Å². The van der Waals surface area contributed by atoms with Gasteiger partial charge in [0.25, 0.3) is 11.8 Å². The van der Waals surface area contributed by atoms with Gasteiger partial charge in [0.05, 0.1) is 12.0 Å². The quantitative estimate of drug-likeness (QED) is 0.527. The Balaban J connectivity index is 1.15. The Labute approximate surface area is 185 Å². The van der Waals surface area contributed by atoms with Gasteiger partial charge in [0, 0.05) is 56.4 Å². The Bertz CT molecular complexity index is 1190. The molecule has 0 atom stereocenters. The van der Waals surface area contributed by atoms with E-state index in [4.69, 9.17) is 4.42 Å². The number of fused-ring (bicyclic) bond motifs is 1. The van der Waals surface area contributed by atoms with Crippen molar-refractivity contribution in [1.29, 1.82) is 0 Å². The van der Waals surface area contributed by atoms with Gasteiger partial charge in [-0.2, -0.15) is 0 Å². The maximum absolute atomic E-state index is 12.9. The number of amides is 2. The molecule has 1 N–H and O–H groups in total. The molecule has 162 valence electrons. The predicted octanol–water partition coefficient (Wildman–Crippen LogP) is 3.14. The van der Waals surface area contributed by atoms with Crippen molar-refractivity contribution in [3.8, 4) is 0 Å². The van der Waals surface area contributed by atoms with Crippen LogP contribution in [0.3, 0.4) is 0 Å². The number of rotatable bonds is 5. The number of carbonyl (C=O) groups excluding carboxylic acids is 2. The zero-order chi connectivity index (χ0) is 21.9. The summed E-state index contributed by atoms with van der Waals surface area (Å²) in [5, 5.41) is 2.76. The molecule has 1 saturated heterocycles. The molecule has 5 rings (SSSR count). The summed E-state index contributed by atoms with van der Waals surface area (Å²) < 4.78 is 7.11. The van der Waals surface area contributed by atoms with Crippen molar-refractivity contribution in [2.75, 3.05) is 31.5 Å². The summed E-state index contributed by atoms with van der Waals surface area (Å²) in [6.07, 6.45) is 5.50. The van der Waals surface area contributed by atoms with Gasteiger partial charge < -0.3 is 19.0 Å². The summed E-state index contributed by atoms with van der Waals surface area (Å²) in [7, 11) is 0. The minimum Gasteiger partial charge on any atom is -0.459 e. The van der Waals surface area contributed by atoms with Gasteiger partial charge in [-0.05, 0) is 48.5 Å². The number of imidazole rings is 1. The second-order valence-corrected chi connectivity index (χ2v) is 7.78. The number of anilines is 1. The van der Waals surface area contributed by atoms with Crippen molar-refractivity contribution < 1.29 is 14.0 Å². The number of pyridine rings is 1. The van der Waals surface area contributed by atoms with Crippen LogP contribution < -0.4 is 5.32 Å². The lowest BCUT2D eigenvalue weighted by molar-refractivity contribution is 0.0627. The highest BCUT2D eigenvalue weighted by atomic mass is 16.3. The predicted molar refractivity (Wildman–Crippen MR) is 119 cm³/mol. The molecule has 0 bridgehead atoms. The van der Waals surface area contributed by atoms with E-state index in [1.54, 1.807) is 36.4 Å². The highest BCUT2D eigenvalue weighted by Crippen LogP contribution is 2.16. The molecule has 0 saturated carbocycles. The fraction of sp³-hybridized carbons (Fsp3) is 0.208. The Hall–Kier alpha value is -3.91. The number of nitrogens with one attached hydrogen (secondary N) is 1. The summed E-state index contributed by atoms with van der Waals surface area (Å²) in [6.45, 7) is 3.72. The van der Waals surface area contributed by atoms with E-state index in [2.05, 4.69) is 21.4 Å². The van der Waals surface area contributed by atoms with Crippen LogP contribution in [-0.4, -0.2) is 57.2 Å². The number of aromatic nitrogens is 2. The topological polar surface area (TPSA) is 83.1 Å². The van der Waals surface area contributed by atoms with Crippen molar-refractivity contribution in [3.05, 3.63) is 90.3 Å². The minimum atomic E-state index is -0.323. The second kappa shape index (κ2) is 8.68. The molecule has 4 heterocycles. The van der Waals surface area contributed by atoms with Crippen LogP contribution in [0.5, 0.6) is 0 Å². The van der Waals surface area contributed by atoms with E-state index in [0.29, 0.717) is 24.3 Å². The molecule has 1 aliphatic rings. The van der Waals surface area contributed by atoms with E-state index < -0.39 is 0 Å². The third-order valence-corrected chi connectivity index (χ3v) is 5.59. The Kier molecular flexibility index (Phi) is 5.43. The largest absolute Gasteiger partial charge is 0.459 e. The van der Waals surface area contributed by atoms with Crippen LogP contribution in [0.25, 0.3) is 5.65 Å². The highest BCUT2D eigenvalue weighted by Gasteiger charge is 2.23. The fourth-order valence-electron chi connectivity index (χ4n) is 3.88. The monoisotopic (exact) mass is 429 g/mol. The summed E-state index contributed by atoms with van der Waals surface area (Å²) in [6, 6.07) is 16.2. The first-order valence-electron chi connectivity index (χ1n) is 10.5. The first kappa shape index (κ1) is 20.0. The van der Waals surface area contributed by atoms with Crippen LogP contribution in [0.1, 0.15) is 26.6 Å². The van der Waals surface area contributed by atoms with E-state index in [9.17, 15) is 9.59 Å². The van der Waals surface area contributed by atoms with E-state index in [1.807, 2.05) is 33.7 Å². The number of benzene rings is 1. The average Bonchev–Trinajstić information content (AvgIpc) is 3.49. The van der Waals surface area contributed by atoms with Gasteiger partial charge >= 0.3 is 0 Å². The summed E-state index contributed by atoms with van der Waals surface area (Å²) in [5.74, 6) is -0.0798. The first-order valence-corrected chi connectivity index (χ1v) is 10.5. The molecule has 8 heteroatoms. The molecule has 0 radical (unpaired) electrons. The molecule has 0 aliphatic carbocycles. The van der Waals surface area contributed by atoms with Crippen molar-refractivity contribution >= 4 is 23.1 Å². The zero-order valence-electron chi connectivity index (χ0n) is 17.5. The average molecular weight is 429 g/mol. The van der Waals surface area contributed by atoms with Crippen molar-refractivity contribution in [1.82, 2.24) is 19.2 Å². The summed E-state index contributed by atoms with van der Waals surface area (Å²) in [4.78, 5) is 33.8. The zero-order valence-corrected chi connectivity index (χ0v) is 17.5. The third kappa shape index (κ3) is 4.26. The van der Waals surface area contributed by atoms with Gasteiger partial charge in [-0.1, -0.05) is 6.07 Å². The minimum absolute atomic E-state index is 0.00120. The number of nitrogens with zero attached hydrogens (tertiary/aromatic N) is 4. The molecule has 1 aliphatic heterocycles. The number of piperazine rings is 1. The molecule has 1 aromatic carbocycles. The van der Waals surface area contributed by atoms with Gasteiger partial charge in [-0.15, -0.1) is 0 Å². The van der Waals surface area contributed by atoms with Crippen LogP contribution in [-0.2, 0) is 6.54 Å². The fourth-order valence-corrected chi connectivity index (χ4v) is 3.88. The molecule has 2 amide bonds.